The first-order valence-electron chi connectivity index (χ1n) is 25.5. The molecule has 0 aliphatic carbocycles. The maximum absolute atomic E-state index is 6.93. The molecule has 0 saturated heterocycles. The lowest BCUT2D eigenvalue weighted by molar-refractivity contribution is 0.590. The average Bonchev–Trinajstić information content (AvgIpc) is 3.88. The summed E-state index contributed by atoms with van der Waals surface area (Å²) >= 11 is 0. The van der Waals surface area contributed by atoms with Gasteiger partial charge in [-0.3, -0.25) is 0 Å². The van der Waals surface area contributed by atoms with Gasteiger partial charge in [0.1, 0.15) is 11.1 Å². The molecule has 2 aromatic heterocycles. The molecule has 5 heteroatoms. The molecule has 0 radical (unpaired) electrons. The Hall–Kier alpha value is -7.24. The molecule has 0 amide bonds. The third-order valence-electron chi connectivity index (χ3n) is 15.4. The van der Waals surface area contributed by atoms with E-state index in [-0.39, 0.29) is 28.4 Å². The summed E-state index contributed by atoms with van der Waals surface area (Å²) in [5.74, 6) is 0. The highest BCUT2D eigenvalue weighted by Gasteiger charge is 2.44. The van der Waals surface area contributed by atoms with Gasteiger partial charge in [-0.15, -0.1) is 0 Å². The number of anilines is 6. The van der Waals surface area contributed by atoms with E-state index in [1.807, 2.05) is 0 Å². The lowest BCUT2D eigenvalue weighted by Crippen LogP contribution is -2.60. The molecule has 0 fully saturated rings. The normalized spacial score (nSPS) is 13.6. The molecule has 2 aliphatic heterocycles. The van der Waals surface area contributed by atoms with Gasteiger partial charge in [0.15, 0.2) is 5.58 Å². The number of benzene rings is 8. The molecule has 12 rings (SSSR count). The summed E-state index contributed by atoms with van der Waals surface area (Å²) in [6.45, 7) is 27.7. The number of furan rings is 1. The molecule has 71 heavy (non-hydrogen) atoms. The van der Waals surface area contributed by atoms with E-state index in [2.05, 4.69) is 267 Å². The summed E-state index contributed by atoms with van der Waals surface area (Å²) in [7, 11) is 0. The third-order valence-corrected chi connectivity index (χ3v) is 15.4. The Morgan fingerprint density at radius 3 is 1.59 bits per heavy atom. The smallest absolute Gasteiger partial charge is 0.252 e. The topological polar surface area (TPSA) is 24.6 Å². The van der Waals surface area contributed by atoms with Crippen molar-refractivity contribution < 1.29 is 4.42 Å². The zero-order valence-electron chi connectivity index (χ0n) is 43.5. The molecule has 0 saturated carbocycles. The van der Waals surface area contributed by atoms with Crippen LogP contribution in [0.3, 0.4) is 0 Å². The molecule has 0 unspecified atom stereocenters. The van der Waals surface area contributed by atoms with Crippen LogP contribution in [0.5, 0.6) is 0 Å². The highest BCUT2D eigenvalue weighted by molar-refractivity contribution is 7.00. The third kappa shape index (κ3) is 7.17. The number of hydrogen-bond donors (Lipinski definition) is 0. The summed E-state index contributed by atoms with van der Waals surface area (Å²) in [6, 6.07) is 64.5. The molecule has 0 N–H and O–H groups in total. The highest BCUT2D eigenvalue weighted by Crippen LogP contribution is 2.50. The van der Waals surface area contributed by atoms with Crippen molar-refractivity contribution in [3.63, 3.8) is 0 Å². The van der Waals surface area contributed by atoms with Crippen LogP contribution >= 0.6 is 0 Å². The van der Waals surface area contributed by atoms with Gasteiger partial charge < -0.3 is 18.8 Å². The number of fused-ring (bicyclic) bond motifs is 9. The first kappa shape index (κ1) is 44.9. The fourth-order valence-corrected chi connectivity index (χ4v) is 11.5. The van der Waals surface area contributed by atoms with E-state index in [1.165, 1.54) is 72.3 Å². The first-order valence-corrected chi connectivity index (χ1v) is 25.5. The van der Waals surface area contributed by atoms with Gasteiger partial charge in [0.2, 0.25) is 0 Å². The predicted octanol–water partition coefficient (Wildman–Crippen LogP) is 16.5. The van der Waals surface area contributed by atoms with Crippen molar-refractivity contribution in [2.45, 2.75) is 105 Å². The number of para-hydroxylation sites is 2. The van der Waals surface area contributed by atoms with Crippen molar-refractivity contribution in [1.29, 1.82) is 0 Å². The molecule has 8 aromatic carbocycles. The Morgan fingerprint density at radius 2 is 0.958 bits per heavy atom. The van der Waals surface area contributed by atoms with Crippen molar-refractivity contribution in [3.05, 3.63) is 192 Å². The fraction of sp³-hybridized carbons (Fsp3) is 0.242. The van der Waals surface area contributed by atoms with Crippen LogP contribution in [-0.2, 0) is 21.7 Å². The quantitative estimate of drug-likeness (QED) is 0.161. The fourth-order valence-electron chi connectivity index (χ4n) is 11.5. The second-order valence-electron chi connectivity index (χ2n) is 24.3. The van der Waals surface area contributed by atoms with Gasteiger partial charge >= 0.3 is 0 Å². The summed E-state index contributed by atoms with van der Waals surface area (Å²) in [5.41, 5.74) is 23.5. The van der Waals surface area contributed by atoms with Crippen LogP contribution < -0.4 is 26.2 Å². The largest absolute Gasteiger partial charge is 0.454 e. The number of nitrogens with zero attached hydrogens (tertiary/aromatic N) is 3. The maximum atomic E-state index is 6.93. The number of aromatic nitrogens is 1. The van der Waals surface area contributed by atoms with Gasteiger partial charge in [0.25, 0.3) is 6.71 Å². The average molecular weight is 926 g/mol. The van der Waals surface area contributed by atoms with Crippen molar-refractivity contribution in [2.24, 2.45) is 0 Å². The van der Waals surface area contributed by atoms with Crippen LogP contribution in [0.4, 0.5) is 34.1 Å². The minimum Gasteiger partial charge on any atom is -0.454 e. The number of hydrogen-bond acceptors (Lipinski definition) is 3. The molecule has 0 bridgehead atoms. The van der Waals surface area contributed by atoms with E-state index in [0.29, 0.717) is 0 Å². The van der Waals surface area contributed by atoms with Crippen LogP contribution in [0.15, 0.2) is 174 Å². The molecule has 4 nitrogen and oxygen atoms in total. The maximum Gasteiger partial charge on any atom is 0.252 e. The van der Waals surface area contributed by atoms with Gasteiger partial charge in [-0.25, -0.2) is 0 Å². The standard InChI is InChI=1S/C66H64BN3O/c1-63(2,3)42-25-31-46(32-26-42)68(47-33-27-43(28-34-47)64(4,5)6)48-39-56-59-57(40-48)70-60-50(62-61(70)49-21-16-17-24-58(49)71-62)22-18-23-53(60)67(59)52-35-29-45(66(10,11)12)38-55(52)69(56)54-36-30-44(65(7,8)9)37-51(54)41-19-14-13-15-20-41/h13-40H,1-12H3. The minimum atomic E-state index is -0.0889. The van der Waals surface area contributed by atoms with E-state index in [0.717, 1.165) is 50.2 Å². The lowest BCUT2D eigenvalue weighted by Gasteiger charge is -2.42. The van der Waals surface area contributed by atoms with E-state index in [1.54, 1.807) is 0 Å². The molecular weight excluding hydrogens is 862 g/mol. The van der Waals surface area contributed by atoms with E-state index >= 15 is 0 Å². The van der Waals surface area contributed by atoms with Crippen LogP contribution in [0.1, 0.15) is 105 Å². The summed E-state index contributed by atoms with van der Waals surface area (Å²) in [4.78, 5) is 5.11. The van der Waals surface area contributed by atoms with Crippen LogP contribution in [0, 0.1) is 0 Å². The van der Waals surface area contributed by atoms with Gasteiger partial charge in [-0.2, -0.15) is 0 Å². The Morgan fingerprint density at radius 1 is 0.408 bits per heavy atom. The Kier molecular flexibility index (Phi) is 9.89. The summed E-state index contributed by atoms with van der Waals surface area (Å²) in [5, 5.41) is 2.25. The summed E-state index contributed by atoms with van der Waals surface area (Å²) < 4.78 is 9.49. The molecule has 2 aliphatic rings. The summed E-state index contributed by atoms with van der Waals surface area (Å²) in [6.07, 6.45) is 0. The zero-order valence-corrected chi connectivity index (χ0v) is 43.5. The highest BCUT2D eigenvalue weighted by atomic mass is 16.3. The molecule has 10 aromatic rings. The predicted molar refractivity (Wildman–Crippen MR) is 305 cm³/mol. The van der Waals surface area contributed by atoms with Gasteiger partial charge in [-0.05, 0) is 139 Å². The van der Waals surface area contributed by atoms with Gasteiger partial charge in [-0.1, -0.05) is 180 Å². The second kappa shape index (κ2) is 15.6. The molecule has 0 spiro atoms. The van der Waals surface area contributed by atoms with Gasteiger partial charge in [0, 0.05) is 44.8 Å². The molecule has 352 valence electrons. The Bertz CT molecular complexity index is 3680. The Labute approximate surface area is 420 Å². The van der Waals surface area contributed by atoms with Crippen molar-refractivity contribution >= 4 is 90.2 Å². The second-order valence-corrected chi connectivity index (χ2v) is 24.3. The van der Waals surface area contributed by atoms with Crippen LogP contribution in [-0.4, -0.2) is 11.3 Å². The zero-order chi connectivity index (χ0) is 49.5. The SMILES string of the molecule is CC(C)(C)c1ccc(N(c2ccc(C(C)(C)C)cc2)c2cc3c4c(c2)-n2c5c(cccc5c5oc6ccccc6c52)B4c2ccc(C(C)(C)C)cc2N3c2ccc(C(C)(C)C)cc2-c2ccccc2)cc1. The minimum absolute atomic E-state index is 0.00739. The van der Waals surface area contributed by atoms with Crippen molar-refractivity contribution in [2.75, 3.05) is 9.80 Å². The van der Waals surface area contributed by atoms with Crippen molar-refractivity contribution in [1.82, 2.24) is 4.57 Å². The van der Waals surface area contributed by atoms with E-state index in [4.69, 9.17) is 4.42 Å². The van der Waals surface area contributed by atoms with E-state index < -0.39 is 0 Å². The van der Waals surface area contributed by atoms with E-state index in [9.17, 15) is 0 Å². The Balaban J connectivity index is 1.25. The lowest BCUT2D eigenvalue weighted by atomic mass is 9.33. The number of rotatable bonds is 5. The molecule has 0 atom stereocenters. The van der Waals surface area contributed by atoms with Crippen LogP contribution in [0.25, 0.3) is 49.8 Å². The van der Waals surface area contributed by atoms with Gasteiger partial charge in [0.05, 0.1) is 16.9 Å². The first-order chi connectivity index (χ1) is 33.8. The molecular formula is C66H64BN3O. The monoisotopic (exact) mass is 926 g/mol. The van der Waals surface area contributed by atoms with Crippen molar-refractivity contribution in [3.8, 4) is 16.8 Å². The molecule has 4 heterocycles. The van der Waals surface area contributed by atoms with Crippen LogP contribution in [0.2, 0.25) is 0 Å².